The smallest absolute Gasteiger partial charge is 0.141 e. The third kappa shape index (κ3) is 3.14. The first-order chi connectivity index (χ1) is 9.54. The van der Waals surface area contributed by atoms with Crippen molar-refractivity contribution in [2.45, 2.75) is 25.8 Å². The van der Waals surface area contributed by atoms with Crippen LogP contribution in [0.25, 0.3) is 0 Å². The van der Waals surface area contributed by atoms with Crippen molar-refractivity contribution >= 4 is 0 Å². The zero-order valence-corrected chi connectivity index (χ0v) is 11.8. The van der Waals surface area contributed by atoms with E-state index in [9.17, 15) is 4.39 Å². The van der Waals surface area contributed by atoms with Gasteiger partial charge in [-0.3, -0.25) is 4.98 Å². The molecule has 1 unspecified atom stereocenters. The zero-order valence-electron chi connectivity index (χ0n) is 11.8. The molecule has 0 aliphatic rings. The SMILES string of the molecule is CCCOc1ccc(C(C)(N)c2ccc(F)cn2)cc1. The van der Waals surface area contributed by atoms with Crippen LogP contribution in [0.5, 0.6) is 5.75 Å². The highest BCUT2D eigenvalue weighted by Crippen LogP contribution is 2.26. The second kappa shape index (κ2) is 6.01. The summed E-state index contributed by atoms with van der Waals surface area (Å²) in [6.07, 6.45) is 2.15. The third-order valence-corrected chi connectivity index (χ3v) is 3.19. The van der Waals surface area contributed by atoms with E-state index < -0.39 is 5.54 Å². The summed E-state index contributed by atoms with van der Waals surface area (Å²) in [4.78, 5) is 4.07. The Morgan fingerprint density at radius 1 is 1.20 bits per heavy atom. The first-order valence-electron chi connectivity index (χ1n) is 6.68. The van der Waals surface area contributed by atoms with Gasteiger partial charge in [0.05, 0.1) is 24.0 Å². The lowest BCUT2D eigenvalue weighted by Crippen LogP contribution is -2.35. The molecule has 0 bridgehead atoms. The number of ether oxygens (including phenoxy) is 1. The third-order valence-electron chi connectivity index (χ3n) is 3.19. The molecule has 20 heavy (non-hydrogen) atoms. The van der Waals surface area contributed by atoms with Crippen LogP contribution in [0.15, 0.2) is 42.6 Å². The van der Waals surface area contributed by atoms with Crippen molar-refractivity contribution in [1.82, 2.24) is 4.98 Å². The number of halogens is 1. The quantitative estimate of drug-likeness (QED) is 0.910. The topological polar surface area (TPSA) is 48.1 Å². The van der Waals surface area contributed by atoms with E-state index >= 15 is 0 Å². The molecule has 0 spiro atoms. The van der Waals surface area contributed by atoms with Crippen molar-refractivity contribution in [1.29, 1.82) is 0 Å². The fraction of sp³-hybridized carbons (Fsp3) is 0.312. The van der Waals surface area contributed by atoms with E-state index in [0.29, 0.717) is 12.3 Å². The molecule has 1 aromatic carbocycles. The summed E-state index contributed by atoms with van der Waals surface area (Å²) >= 11 is 0. The molecule has 0 saturated carbocycles. The van der Waals surface area contributed by atoms with E-state index in [-0.39, 0.29) is 5.82 Å². The Kier molecular flexibility index (Phi) is 4.35. The minimum atomic E-state index is -0.767. The minimum Gasteiger partial charge on any atom is -0.494 e. The Morgan fingerprint density at radius 2 is 1.90 bits per heavy atom. The maximum atomic E-state index is 12.9. The molecule has 1 aromatic heterocycles. The van der Waals surface area contributed by atoms with Gasteiger partial charge in [-0.05, 0) is 43.2 Å². The number of hydrogen-bond donors (Lipinski definition) is 1. The van der Waals surface area contributed by atoms with Gasteiger partial charge in [0.2, 0.25) is 0 Å². The fourth-order valence-electron chi connectivity index (χ4n) is 1.95. The summed E-state index contributed by atoms with van der Waals surface area (Å²) in [6, 6.07) is 10.6. The highest BCUT2D eigenvalue weighted by molar-refractivity contribution is 5.37. The molecular weight excluding hydrogens is 255 g/mol. The summed E-state index contributed by atoms with van der Waals surface area (Å²) in [5.74, 6) is 0.450. The molecule has 2 N–H and O–H groups in total. The number of aromatic nitrogens is 1. The molecule has 1 heterocycles. The van der Waals surface area contributed by atoms with Gasteiger partial charge in [0.15, 0.2) is 0 Å². The van der Waals surface area contributed by atoms with Crippen LogP contribution in [-0.2, 0) is 5.54 Å². The molecule has 106 valence electrons. The van der Waals surface area contributed by atoms with Crippen molar-refractivity contribution in [2.75, 3.05) is 6.61 Å². The van der Waals surface area contributed by atoms with Gasteiger partial charge in [0.25, 0.3) is 0 Å². The number of hydrogen-bond acceptors (Lipinski definition) is 3. The Balaban J connectivity index is 2.22. The number of rotatable bonds is 5. The predicted molar refractivity (Wildman–Crippen MR) is 77.1 cm³/mol. The first kappa shape index (κ1) is 14.5. The van der Waals surface area contributed by atoms with Gasteiger partial charge in [0.1, 0.15) is 11.6 Å². The number of benzene rings is 1. The van der Waals surface area contributed by atoms with Crippen LogP contribution < -0.4 is 10.5 Å². The van der Waals surface area contributed by atoms with Gasteiger partial charge in [-0.2, -0.15) is 0 Å². The van der Waals surface area contributed by atoms with E-state index in [2.05, 4.69) is 11.9 Å². The van der Waals surface area contributed by atoms with Crippen LogP contribution in [0.2, 0.25) is 0 Å². The lowest BCUT2D eigenvalue weighted by molar-refractivity contribution is 0.317. The summed E-state index contributed by atoms with van der Waals surface area (Å²) in [5.41, 5.74) is 7.10. The molecule has 0 aliphatic carbocycles. The van der Waals surface area contributed by atoms with Gasteiger partial charge in [-0.1, -0.05) is 19.1 Å². The average Bonchev–Trinajstić information content (AvgIpc) is 2.46. The van der Waals surface area contributed by atoms with Gasteiger partial charge in [-0.25, -0.2) is 4.39 Å². The Bertz CT molecular complexity index is 550. The van der Waals surface area contributed by atoms with E-state index in [1.807, 2.05) is 31.2 Å². The Morgan fingerprint density at radius 3 is 2.45 bits per heavy atom. The van der Waals surface area contributed by atoms with Crippen LogP contribution in [-0.4, -0.2) is 11.6 Å². The molecule has 0 aliphatic heterocycles. The maximum absolute atomic E-state index is 12.9. The van der Waals surface area contributed by atoms with Crippen molar-refractivity contribution in [2.24, 2.45) is 5.73 Å². The van der Waals surface area contributed by atoms with Crippen LogP contribution >= 0.6 is 0 Å². The summed E-state index contributed by atoms with van der Waals surface area (Å²) < 4.78 is 18.5. The number of pyridine rings is 1. The zero-order chi connectivity index (χ0) is 14.6. The lowest BCUT2D eigenvalue weighted by atomic mass is 9.89. The van der Waals surface area contributed by atoms with E-state index in [1.54, 1.807) is 6.07 Å². The number of nitrogens with zero attached hydrogens (tertiary/aromatic N) is 1. The lowest BCUT2D eigenvalue weighted by Gasteiger charge is -2.24. The summed E-state index contributed by atoms with van der Waals surface area (Å²) in [5, 5.41) is 0. The summed E-state index contributed by atoms with van der Waals surface area (Å²) in [6.45, 7) is 4.61. The normalized spacial score (nSPS) is 13.8. The van der Waals surface area contributed by atoms with Crippen LogP contribution in [0.3, 0.4) is 0 Å². The molecule has 0 fully saturated rings. The largest absolute Gasteiger partial charge is 0.494 e. The highest BCUT2D eigenvalue weighted by atomic mass is 19.1. The molecule has 0 saturated heterocycles. The monoisotopic (exact) mass is 274 g/mol. The van der Waals surface area contributed by atoms with Gasteiger partial charge < -0.3 is 10.5 Å². The Hall–Kier alpha value is -1.94. The molecule has 4 heteroatoms. The number of nitrogens with two attached hydrogens (primary N) is 1. The van der Waals surface area contributed by atoms with E-state index in [1.165, 1.54) is 12.3 Å². The molecule has 2 aromatic rings. The molecule has 0 radical (unpaired) electrons. The molecule has 0 amide bonds. The predicted octanol–water partition coefficient (Wildman–Crippen LogP) is 3.23. The molecular formula is C16H19FN2O. The first-order valence-corrected chi connectivity index (χ1v) is 6.68. The van der Waals surface area contributed by atoms with Gasteiger partial charge in [0, 0.05) is 0 Å². The van der Waals surface area contributed by atoms with Gasteiger partial charge >= 0.3 is 0 Å². The van der Waals surface area contributed by atoms with Crippen molar-refractivity contribution in [3.63, 3.8) is 0 Å². The van der Waals surface area contributed by atoms with Crippen molar-refractivity contribution in [3.05, 3.63) is 59.7 Å². The van der Waals surface area contributed by atoms with E-state index in [4.69, 9.17) is 10.5 Å². The second-order valence-electron chi connectivity index (χ2n) is 4.94. The highest BCUT2D eigenvalue weighted by Gasteiger charge is 2.25. The van der Waals surface area contributed by atoms with E-state index in [0.717, 1.165) is 17.7 Å². The van der Waals surface area contributed by atoms with Crippen molar-refractivity contribution in [3.8, 4) is 5.75 Å². The molecule has 3 nitrogen and oxygen atoms in total. The second-order valence-corrected chi connectivity index (χ2v) is 4.94. The van der Waals surface area contributed by atoms with Crippen LogP contribution in [0.1, 0.15) is 31.5 Å². The van der Waals surface area contributed by atoms with Crippen LogP contribution in [0.4, 0.5) is 4.39 Å². The Labute approximate surface area is 118 Å². The minimum absolute atomic E-state index is 0.368. The van der Waals surface area contributed by atoms with Crippen LogP contribution in [0, 0.1) is 5.82 Å². The average molecular weight is 274 g/mol. The van der Waals surface area contributed by atoms with Gasteiger partial charge in [-0.15, -0.1) is 0 Å². The standard InChI is InChI=1S/C16H19FN2O/c1-3-10-20-14-7-4-12(5-8-14)16(2,18)15-9-6-13(17)11-19-15/h4-9,11H,3,10,18H2,1-2H3. The fourth-order valence-corrected chi connectivity index (χ4v) is 1.95. The molecule has 1 atom stereocenters. The maximum Gasteiger partial charge on any atom is 0.141 e. The van der Waals surface area contributed by atoms with Crippen molar-refractivity contribution < 1.29 is 9.13 Å². The summed E-state index contributed by atoms with van der Waals surface area (Å²) in [7, 11) is 0. The molecule has 2 rings (SSSR count).